The minimum atomic E-state index is -0.0325. The van der Waals surface area contributed by atoms with E-state index in [0.717, 1.165) is 12.3 Å². The van der Waals surface area contributed by atoms with Gasteiger partial charge in [-0.25, -0.2) is 0 Å². The van der Waals surface area contributed by atoms with E-state index in [2.05, 4.69) is 20.8 Å². The summed E-state index contributed by atoms with van der Waals surface area (Å²) >= 11 is 0. The number of aliphatic hydroxyl groups excluding tert-OH is 1. The van der Waals surface area contributed by atoms with Crippen LogP contribution in [0.25, 0.3) is 0 Å². The van der Waals surface area contributed by atoms with Crippen molar-refractivity contribution in [3.8, 4) is 0 Å². The van der Waals surface area contributed by atoms with E-state index < -0.39 is 0 Å². The van der Waals surface area contributed by atoms with Crippen LogP contribution >= 0.6 is 0 Å². The van der Waals surface area contributed by atoms with Crippen LogP contribution in [0.1, 0.15) is 46.5 Å². The van der Waals surface area contributed by atoms with E-state index in [-0.39, 0.29) is 6.10 Å². The summed E-state index contributed by atoms with van der Waals surface area (Å²) in [6.45, 7) is 6.75. The van der Waals surface area contributed by atoms with Crippen LogP contribution in [0.4, 0.5) is 0 Å². The van der Waals surface area contributed by atoms with Crippen molar-refractivity contribution in [2.24, 2.45) is 17.8 Å². The van der Waals surface area contributed by atoms with Gasteiger partial charge in [0, 0.05) is 0 Å². The fourth-order valence-corrected chi connectivity index (χ4v) is 2.26. The number of aliphatic hydroxyl groups is 1. The molecule has 0 bridgehead atoms. The monoisotopic (exact) mass is 170 g/mol. The number of hydrogen-bond donors (Lipinski definition) is 1. The van der Waals surface area contributed by atoms with Crippen LogP contribution in [0.15, 0.2) is 0 Å². The zero-order chi connectivity index (χ0) is 9.14. The molecule has 0 radical (unpaired) electrons. The second-order valence-corrected chi connectivity index (χ2v) is 4.74. The summed E-state index contributed by atoms with van der Waals surface area (Å²) in [5, 5.41) is 9.84. The largest absolute Gasteiger partial charge is 0.393 e. The Hall–Kier alpha value is -0.0400. The average molecular weight is 170 g/mol. The number of rotatable bonds is 1. The predicted octanol–water partition coefficient (Wildman–Crippen LogP) is 2.83. The average Bonchev–Trinajstić information content (AvgIpc) is 2.14. The van der Waals surface area contributed by atoms with Gasteiger partial charge in [0.1, 0.15) is 0 Å². The summed E-state index contributed by atoms with van der Waals surface area (Å²) in [4.78, 5) is 0. The summed E-state index contributed by atoms with van der Waals surface area (Å²) < 4.78 is 0. The molecule has 72 valence electrons. The molecule has 12 heavy (non-hydrogen) atoms. The van der Waals surface area contributed by atoms with Gasteiger partial charge in [0.05, 0.1) is 6.10 Å². The van der Waals surface area contributed by atoms with Gasteiger partial charge in [0.25, 0.3) is 0 Å². The molecule has 0 unspecified atom stereocenters. The molecule has 0 aliphatic heterocycles. The highest BCUT2D eigenvalue weighted by Gasteiger charge is 2.26. The maximum absolute atomic E-state index is 9.84. The van der Waals surface area contributed by atoms with Gasteiger partial charge in [-0.15, -0.1) is 0 Å². The predicted molar refractivity (Wildman–Crippen MR) is 52.0 cm³/mol. The van der Waals surface area contributed by atoms with Crippen molar-refractivity contribution in [2.75, 3.05) is 0 Å². The van der Waals surface area contributed by atoms with Crippen LogP contribution in [0, 0.1) is 17.8 Å². The van der Waals surface area contributed by atoms with E-state index in [0.29, 0.717) is 11.8 Å². The lowest BCUT2D eigenvalue weighted by Crippen LogP contribution is -2.23. The highest BCUT2D eigenvalue weighted by molar-refractivity contribution is 4.77. The Labute approximate surface area is 76.2 Å². The van der Waals surface area contributed by atoms with Crippen LogP contribution < -0.4 is 0 Å². The van der Waals surface area contributed by atoms with E-state index in [1.54, 1.807) is 0 Å². The van der Waals surface area contributed by atoms with E-state index >= 15 is 0 Å². The van der Waals surface area contributed by atoms with Gasteiger partial charge in [-0.1, -0.05) is 27.2 Å². The van der Waals surface area contributed by atoms with Gasteiger partial charge in [-0.05, 0) is 37.0 Å². The molecule has 3 atom stereocenters. The first kappa shape index (κ1) is 10.0. The molecule has 0 aromatic heterocycles. The lowest BCUT2D eigenvalue weighted by Gasteiger charge is -2.23. The third-order valence-electron chi connectivity index (χ3n) is 3.30. The van der Waals surface area contributed by atoms with E-state index in [9.17, 15) is 5.11 Å². The first-order valence-electron chi connectivity index (χ1n) is 5.29. The van der Waals surface area contributed by atoms with Crippen molar-refractivity contribution in [3.05, 3.63) is 0 Å². The molecule has 0 amide bonds. The van der Waals surface area contributed by atoms with Crippen molar-refractivity contribution >= 4 is 0 Å². The lowest BCUT2D eigenvalue weighted by atomic mass is 9.86. The first-order chi connectivity index (χ1) is 5.61. The summed E-state index contributed by atoms with van der Waals surface area (Å²) in [7, 11) is 0. The van der Waals surface area contributed by atoms with Crippen LogP contribution in [0.5, 0.6) is 0 Å². The third-order valence-corrected chi connectivity index (χ3v) is 3.30. The molecule has 0 heterocycles. The van der Waals surface area contributed by atoms with Crippen molar-refractivity contribution < 1.29 is 5.11 Å². The van der Waals surface area contributed by atoms with Gasteiger partial charge in [0.15, 0.2) is 0 Å². The molecule has 1 rings (SSSR count). The zero-order valence-electron chi connectivity index (χ0n) is 8.59. The molecule has 0 aromatic rings. The molecule has 0 spiro atoms. The minimum Gasteiger partial charge on any atom is -0.393 e. The lowest BCUT2D eigenvalue weighted by molar-refractivity contribution is 0.0753. The summed E-state index contributed by atoms with van der Waals surface area (Å²) in [6.07, 6.45) is 4.73. The highest BCUT2D eigenvalue weighted by atomic mass is 16.3. The molecule has 1 aliphatic rings. The van der Waals surface area contributed by atoms with Crippen molar-refractivity contribution in [2.45, 2.75) is 52.6 Å². The molecular formula is C11H22O. The second-order valence-electron chi connectivity index (χ2n) is 4.74. The Bertz CT molecular complexity index is 131. The number of hydrogen-bond acceptors (Lipinski definition) is 1. The maximum atomic E-state index is 9.84. The molecule has 1 fully saturated rings. The quantitative estimate of drug-likeness (QED) is 0.600. The molecule has 1 saturated carbocycles. The van der Waals surface area contributed by atoms with Crippen molar-refractivity contribution in [1.29, 1.82) is 0 Å². The van der Waals surface area contributed by atoms with Gasteiger partial charge in [-0.3, -0.25) is 0 Å². The van der Waals surface area contributed by atoms with Crippen LogP contribution in [0.2, 0.25) is 0 Å². The molecule has 1 N–H and O–H groups in total. The smallest absolute Gasteiger partial charge is 0.0570 e. The fourth-order valence-electron chi connectivity index (χ4n) is 2.26. The molecular weight excluding hydrogens is 148 g/mol. The van der Waals surface area contributed by atoms with Gasteiger partial charge >= 0.3 is 0 Å². The summed E-state index contributed by atoms with van der Waals surface area (Å²) in [6, 6.07) is 0. The topological polar surface area (TPSA) is 20.2 Å². The van der Waals surface area contributed by atoms with Crippen LogP contribution in [0.3, 0.4) is 0 Å². The van der Waals surface area contributed by atoms with E-state index in [1.165, 1.54) is 19.3 Å². The van der Waals surface area contributed by atoms with Crippen LogP contribution in [-0.2, 0) is 0 Å². The van der Waals surface area contributed by atoms with Crippen molar-refractivity contribution in [1.82, 2.24) is 0 Å². The molecule has 1 heteroatoms. The summed E-state index contributed by atoms with van der Waals surface area (Å²) in [5.41, 5.74) is 0. The van der Waals surface area contributed by atoms with Gasteiger partial charge in [0.2, 0.25) is 0 Å². The van der Waals surface area contributed by atoms with Gasteiger partial charge < -0.3 is 5.11 Å². The maximum Gasteiger partial charge on any atom is 0.0570 e. The van der Waals surface area contributed by atoms with E-state index in [4.69, 9.17) is 0 Å². The minimum absolute atomic E-state index is 0.0325. The molecule has 0 saturated heterocycles. The second kappa shape index (κ2) is 4.27. The normalized spacial score (nSPS) is 38.2. The Morgan fingerprint density at radius 2 is 1.67 bits per heavy atom. The standard InChI is InChI=1S/C11H22O/c1-8(2)10-6-4-9(3)5-7-11(10)12/h8-12H,4-7H2,1-3H3/t9-,10+,11-/m0/s1. The Kier molecular flexibility index (Phi) is 3.57. The Morgan fingerprint density at radius 1 is 1.08 bits per heavy atom. The Morgan fingerprint density at radius 3 is 2.25 bits per heavy atom. The van der Waals surface area contributed by atoms with Crippen molar-refractivity contribution in [3.63, 3.8) is 0 Å². The summed E-state index contributed by atoms with van der Waals surface area (Å²) in [5.74, 6) is 2.02. The third kappa shape index (κ3) is 2.48. The highest BCUT2D eigenvalue weighted by Crippen LogP contribution is 2.31. The van der Waals surface area contributed by atoms with Gasteiger partial charge in [-0.2, -0.15) is 0 Å². The van der Waals surface area contributed by atoms with Crippen LogP contribution in [-0.4, -0.2) is 11.2 Å². The molecule has 1 nitrogen and oxygen atoms in total. The fraction of sp³-hybridized carbons (Fsp3) is 1.00. The van der Waals surface area contributed by atoms with E-state index in [1.807, 2.05) is 0 Å². The Balaban J connectivity index is 2.50. The molecule has 1 aliphatic carbocycles. The SMILES string of the molecule is CC(C)[C@H]1CC[C@H](C)CC[C@@H]1O. The zero-order valence-corrected chi connectivity index (χ0v) is 8.59. The molecule has 0 aromatic carbocycles. The first-order valence-corrected chi connectivity index (χ1v) is 5.29.